The molecule has 7 nitrogen and oxygen atoms in total. The van der Waals surface area contributed by atoms with Gasteiger partial charge in [-0.3, -0.25) is 14.4 Å². The van der Waals surface area contributed by atoms with Crippen molar-refractivity contribution >= 4 is 29.5 Å². The molecule has 0 saturated carbocycles. The van der Waals surface area contributed by atoms with Gasteiger partial charge in [0.05, 0.1) is 29.2 Å². The molecule has 0 aromatic heterocycles. The molecule has 1 aromatic rings. The number of carbonyl (C=O) groups excluding carboxylic acids is 3. The Morgan fingerprint density at radius 2 is 1.88 bits per heavy atom. The van der Waals surface area contributed by atoms with E-state index in [0.717, 1.165) is 24.8 Å². The number of aliphatic hydroxyl groups is 1. The molecule has 7 atom stereocenters. The van der Waals surface area contributed by atoms with Gasteiger partial charge in [-0.2, -0.15) is 0 Å². The lowest BCUT2D eigenvalue weighted by Crippen LogP contribution is -2.58. The minimum absolute atomic E-state index is 0.00732. The topological polar surface area (TPSA) is 81.2 Å². The molecule has 3 heterocycles. The summed E-state index contributed by atoms with van der Waals surface area (Å²) in [5.41, 5.74) is 1.02. The highest BCUT2D eigenvalue weighted by Gasteiger charge is 2.74. The summed E-state index contributed by atoms with van der Waals surface area (Å²) in [7, 11) is 0. The van der Waals surface area contributed by atoms with Gasteiger partial charge in [0.15, 0.2) is 0 Å². The fraction of sp³-hybridized carbons (Fsp3) is 0.594. The summed E-state index contributed by atoms with van der Waals surface area (Å²) in [5.74, 6) is -1.39. The van der Waals surface area contributed by atoms with Crippen LogP contribution in [-0.2, 0) is 20.9 Å². The summed E-state index contributed by atoms with van der Waals surface area (Å²) >= 11 is 1.68. The fourth-order valence-corrected chi connectivity index (χ4v) is 9.41. The van der Waals surface area contributed by atoms with E-state index in [1.165, 1.54) is 0 Å². The molecule has 1 spiro atoms. The Kier molecular flexibility index (Phi) is 9.83. The van der Waals surface area contributed by atoms with Gasteiger partial charge in [-0.1, -0.05) is 62.8 Å². The number of likely N-dealkylation sites (tertiary alicyclic amines) is 1. The van der Waals surface area contributed by atoms with Crippen LogP contribution in [0.2, 0.25) is 0 Å². The highest BCUT2D eigenvalue weighted by molar-refractivity contribution is 8.02. The van der Waals surface area contributed by atoms with Crippen LogP contribution in [0.5, 0.6) is 0 Å². The van der Waals surface area contributed by atoms with Crippen LogP contribution in [0.1, 0.15) is 58.4 Å². The number of aliphatic hydroxyl groups excluding tert-OH is 1. The molecule has 3 amide bonds. The van der Waals surface area contributed by atoms with E-state index in [1.54, 1.807) is 33.7 Å². The number of benzene rings is 1. The van der Waals surface area contributed by atoms with Gasteiger partial charge in [0.25, 0.3) is 0 Å². The van der Waals surface area contributed by atoms with Crippen molar-refractivity contribution in [3.8, 4) is 0 Å². The Labute approximate surface area is 243 Å². The van der Waals surface area contributed by atoms with Crippen molar-refractivity contribution in [2.75, 3.05) is 19.7 Å². The number of thioether (sulfide) groups is 1. The highest BCUT2D eigenvalue weighted by atomic mass is 32.2. The van der Waals surface area contributed by atoms with Gasteiger partial charge in [0.2, 0.25) is 17.7 Å². The van der Waals surface area contributed by atoms with Gasteiger partial charge < -0.3 is 19.8 Å². The van der Waals surface area contributed by atoms with Gasteiger partial charge in [-0.15, -0.1) is 24.9 Å². The summed E-state index contributed by atoms with van der Waals surface area (Å²) < 4.78 is -0.681. The van der Waals surface area contributed by atoms with E-state index in [2.05, 4.69) is 20.1 Å². The minimum atomic E-state index is -0.712. The number of rotatable bonds is 14. The second-order valence-electron chi connectivity index (χ2n) is 11.5. The molecule has 1 aromatic carbocycles. The molecule has 3 aliphatic rings. The molecule has 4 rings (SSSR count). The van der Waals surface area contributed by atoms with Crippen LogP contribution in [0.15, 0.2) is 55.6 Å². The predicted molar refractivity (Wildman–Crippen MR) is 160 cm³/mol. The number of hydrogen-bond donors (Lipinski definition) is 1. The normalized spacial score (nSPS) is 28.2. The predicted octanol–water partition coefficient (Wildman–Crippen LogP) is 4.27. The Hall–Kier alpha value is -2.58. The summed E-state index contributed by atoms with van der Waals surface area (Å²) in [6.45, 7) is 14.9. The second kappa shape index (κ2) is 12.9. The van der Waals surface area contributed by atoms with Crippen LogP contribution >= 0.6 is 11.8 Å². The number of carbonyl (C=O) groups is 3. The van der Waals surface area contributed by atoms with E-state index in [4.69, 9.17) is 0 Å². The maximum Gasteiger partial charge on any atom is 0.247 e. The first-order chi connectivity index (χ1) is 19.3. The first-order valence-corrected chi connectivity index (χ1v) is 15.6. The van der Waals surface area contributed by atoms with E-state index in [1.807, 2.05) is 49.1 Å². The molecule has 0 aliphatic carbocycles. The Morgan fingerprint density at radius 3 is 2.48 bits per heavy atom. The monoisotopic (exact) mass is 567 g/mol. The summed E-state index contributed by atoms with van der Waals surface area (Å²) in [5, 5.41) is 10.3. The zero-order valence-corrected chi connectivity index (χ0v) is 25.0. The second-order valence-corrected chi connectivity index (χ2v) is 13.1. The maximum absolute atomic E-state index is 14.5. The van der Waals surface area contributed by atoms with Crippen molar-refractivity contribution in [3.05, 3.63) is 61.2 Å². The van der Waals surface area contributed by atoms with Crippen molar-refractivity contribution < 1.29 is 19.5 Å². The van der Waals surface area contributed by atoms with Gasteiger partial charge in [0, 0.05) is 30.9 Å². The standard InChI is InChI=1S/C32H45N3O4S/c1-6-13-22(5)34(19-8-3)31(39)28-32-17-16-25(40-32)26(27(32)30(38)35(28)24(9-4)21-36)29(37)33(18-7-2)20-23-14-11-10-12-15-23/h7-8,10-12,14-15,22,24-28,36H,2-3,6,9,13,16-21H2,1,4-5H3/t22?,24-,25-,26+,27-,28?,32?/m0/s1. The molecule has 218 valence electrons. The van der Waals surface area contributed by atoms with Crippen molar-refractivity contribution in [3.63, 3.8) is 0 Å². The molecule has 8 heteroatoms. The SMILES string of the molecule is C=CCN(Cc1ccccc1)C(=O)[C@@H]1[C@@H]2CCC3(S2)C(C(=O)N(CC=C)C(C)CCC)N([C@@H](CC)CO)C(=O)[C@H]13. The maximum atomic E-state index is 14.5. The fourth-order valence-electron chi connectivity index (χ4n) is 7.22. The number of nitrogens with zero attached hydrogens (tertiary/aromatic N) is 3. The number of amides is 3. The summed E-state index contributed by atoms with van der Waals surface area (Å²) in [4.78, 5) is 48.5. The van der Waals surface area contributed by atoms with Crippen LogP contribution in [0.25, 0.3) is 0 Å². The van der Waals surface area contributed by atoms with Crippen LogP contribution in [0, 0.1) is 11.8 Å². The third-order valence-corrected chi connectivity index (χ3v) is 11.0. The molecular weight excluding hydrogens is 522 g/mol. The number of fused-ring (bicyclic) bond motifs is 1. The van der Waals surface area contributed by atoms with E-state index in [-0.39, 0.29) is 35.6 Å². The van der Waals surface area contributed by atoms with Crippen molar-refractivity contribution in [1.29, 1.82) is 0 Å². The molecule has 1 N–H and O–H groups in total. The van der Waals surface area contributed by atoms with Crippen molar-refractivity contribution in [2.45, 2.75) is 87.5 Å². The molecule has 3 unspecified atom stereocenters. The highest BCUT2D eigenvalue weighted by Crippen LogP contribution is 2.67. The minimum Gasteiger partial charge on any atom is -0.394 e. The van der Waals surface area contributed by atoms with E-state index in [9.17, 15) is 19.5 Å². The Balaban J connectivity index is 1.74. The molecule has 3 saturated heterocycles. The molecular formula is C32H45N3O4S. The van der Waals surface area contributed by atoms with Gasteiger partial charge in [-0.05, 0) is 38.2 Å². The molecule has 3 aliphatic heterocycles. The Morgan fingerprint density at radius 1 is 1.18 bits per heavy atom. The van der Waals surface area contributed by atoms with Crippen LogP contribution < -0.4 is 0 Å². The van der Waals surface area contributed by atoms with Gasteiger partial charge >= 0.3 is 0 Å². The lowest BCUT2D eigenvalue weighted by atomic mass is 9.70. The molecule has 40 heavy (non-hydrogen) atoms. The van der Waals surface area contributed by atoms with Crippen LogP contribution in [0.3, 0.4) is 0 Å². The first kappa shape index (κ1) is 30.4. The molecule has 2 bridgehead atoms. The average Bonchev–Trinajstić information content (AvgIpc) is 3.60. The summed E-state index contributed by atoms with van der Waals surface area (Å²) in [6.07, 6.45) is 7.29. The smallest absolute Gasteiger partial charge is 0.247 e. The molecule has 0 radical (unpaired) electrons. The van der Waals surface area contributed by atoms with Gasteiger partial charge in [0.1, 0.15) is 6.04 Å². The zero-order valence-electron chi connectivity index (χ0n) is 24.2. The third-order valence-electron chi connectivity index (χ3n) is 9.06. The van der Waals surface area contributed by atoms with Gasteiger partial charge in [-0.25, -0.2) is 0 Å². The quantitative estimate of drug-likeness (QED) is 0.340. The van der Waals surface area contributed by atoms with E-state index in [0.29, 0.717) is 32.5 Å². The van der Waals surface area contributed by atoms with Crippen LogP contribution in [-0.4, -0.2) is 85.3 Å². The number of hydrogen-bond acceptors (Lipinski definition) is 5. The largest absolute Gasteiger partial charge is 0.394 e. The zero-order chi connectivity index (χ0) is 29.0. The average molecular weight is 568 g/mol. The lowest BCUT2D eigenvalue weighted by molar-refractivity contribution is -0.147. The molecule has 3 fully saturated rings. The first-order valence-electron chi connectivity index (χ1n) is 14.7. The van der Waals surface area contributed by atoms with E-state index >= 15 is 0 Å². The summed E-state index contributed by atoms with van der Waals surface area (Å²) in [6, 6.07) is 8.66. The third kappa shape index (κ3) is 5.25. The van der Waals surface area contributed by atoms with E-state index < -0.39 is 28.7 Å². The van der Waals surface area contributed by atoms with Crippen molar-refractivity contribution in [2.24, 2.45) is 11.8 Å². The van der Waals surface area contributed by atoms with Crippen LogP contribution in [0.4, 0.5) is 0 Å². The Bertz CT molecular complexity index is 1090. The van der Waals surface area contributed by atoms with Crippen molar-refractivity contribution in [1.82, 2.24) is 14.7 Å². The lowest BCUT2D eigenvalue weighted by Gasteiger charge is -2.41.